The van der Waals surface area contributed by atoms with Gasteiger partial charge in [0, 0.05) is 11.3 Å². The quantitative estimate of drug-likeness (QED) is 0.584. The van der Waals surface area contributed by atoms with Crippen molar-refractivity contribution < 1.29 is 26.3 Å². The van der Waals surface area contributed by atoms with Crippen molar-refractivity contribution in [3.63, 3.8) is 0 Å². The van der Waals surface area contributed by atoms with E-state index in [-0.39, 0.29) is 16.8 Å². The summed E-state index contributed by atoms with van der Waals surface area (Å²) in [5, 5.41) is 0. The molecule has 2 aromatic rings. The minimum absolute atomic E-state index is 0.0200. The van der Waals surface area contributed by atoms with Gasteiger partial charge in [-0.05, 0) is 29.8 Å². The van der Waals surface area contributed by atoms with Gasteiger partial charge >= 0.3 is 12.4 Å². The van der Waals surface area contributed by atoms with Crippen LogP contribution in [0.2, 0.25) is 0 Å². The molecule has 0 unspecified atom stereocenters. The minimum atomic E-state index is -4.65. The number of benzene rings is 2. The van der Waals surface area contributed by atoms with Crippen LogP contribution in [0, 0.1) is 0 Å². The number of anilines is 1. The summed E-state index contributed by atoms with van der Waals surface area (Å²) < 4.78 is 76.2. The van der Waals surface area contributed by atoms with Crippen molar-refractivity contribution in [1.29, 1.82) is 0 Å². The molecule has 0 spiro atoms. The summed E-state index contributed by atoms with van der Waals surface area (Å²) in [5.41, 5.74) is 3.14. The summed E-state index contributed by atoms with van der Waals surface area (Å²) in [6.45, 7) is 0. The van der Waals surface area contributed by atoms with Gasteiger partial charge in [-0.1, -0.05) is 18.2 Å². The molecule has 2 rings (SSSR count). The standard InChI is InChI=1S/C14H9F6N/c15-13(16,17)9-6-4-8(5-7-9)12-10(14(18,19)20)2-1-3-11(12)21/h1-7H,21H2. The predicted molar refractivity (Wildman–Crippen MR) is 66.3 cm³/mol. The molecule has 0 aliphatic rings. The SMILES string of the molecule is Nc1cccc(C(F)(F)F)c1-c1ccc(C(F)(F)F)cc1. The fourth-order valence-electron chi connectivity index (χ4n) is 1.95. The van der Waals surface area contributed by atoms with Gasteiger partial charge in [0.15, 0.2) is 0 Å². The van der Waals surface area contributed by atoms with E-state index in [1.807, 2.05) is 0 Å². The summed E-state index contributed by atoms with van der Waals surface area (Å²) in [6.07, 6.45) is -9.19. The van der Waals surface area contributed by atoms with Crippen molar-refractivity contribution in [3.05, 3.63) is 53.6 Å². The number of rotatable bonds is 1. The van der Waals surface area contributed by atoms with Gasteiger partial charge in [0.2, 0.25) is 0 Å². The van der Waals surface area contributed by atoms with E-state index in [4.69, 9.17) is 5.73 Å². The normalized spacial score (nSPS) is 12.5. The molecule has 0 bridgehead atoms. The summed E-state index contributed by atoms with van der Waals surface area (Å²) in [6, 6.07) is 6.65. The molecule has 2 aromatic carbocycles. The van der Waals surface area contributed by atoms with E-state index >= 15 is 0 Å². The first kappa shape index (κ1) is 15.2. The number of alkyl halides is 6. The Morgan fingerprint density at radius 1 is 0.714 bits per heavy atom. The molecule has 7 heteroatoms. The smallest absolute Gasteiger partial charge is 0.398 e. The van der Waals surface area contributed by atoms with Crippen LogP contribution in [0.3, 0.4) is 0 Å². The zero-order valence-electron chi connectivity index (χ0n) is 10.4. The van der Waals surface area contributed by atoms with Crippen LogP contribution in [-0.2, 0) is 12.4 Å². The zero-order chi connectivity index (χ0) is 15.8. The van der Waals surface area contributed by atoms with E-state index in [0.29, 0.717) is 0 Å². The summed E-state index contributed by atoms with van der Waals surface area (Å²) in [4.78, 5) is 0. The first-order valence-corrected chi connectivity index (χ1v) is 5.74. The molecule has 0 fully saturated rings. The van der Waals surface area contributed by atoms with Gasteiger partial charge in [-0.2, -0.15) is 26.3 Å². The van der Waals surface area contributed by atoms with Crippen molar-refractivity contribution >= 4 is 5.69 Å². The Balaban J connectivity index is 2.57. The molecule has 112 valence electrons. The van der Waals surface area contributed by atoms with Crippen LogP contribution in [-0.4, -0.2) is 0 Å². The molecule has 0 atom stereocenters. The van der Waals surface area contributed by atoms with Gasteiger partial charge < -0.3 is 5.73 Å². The summed E-state index contributed by atoms with van der Waals surface area (Å²) >= 11 is 0. The van der Waals surface area contributed by atoms with Crippen LogP contribution in [0.15, 0.2) is 42.5 Å². The van der Waals surface area contributed by atoms with Crippen LogP contribution >= 0.6 is 0 Å². The maximum Gasteiger partial charge on any atom is 0.417 e. The Labute approximate surface area is 116 Å². The summed E-state index contributed by atoms with van der Waals surface area (Å²) in [5.74, 6) is 0. The Bertz CT molecular complexity index is 640. The molecule has 1 nitrogen and oxygen atoms in total. The maximum atomic E-state index is 12.9. The molecular weight excluding hydrogens is 296 g/mol. The third-order valence-electron chi connectivity index (χ3n) is 2.90. The molecule has 0 aliphatic carbocycles. The molecule has 0 saturated carbocycles. The lowest BCUT2D eigenvalue weighted by atomic mass is 9.96. The van der Waals surface area contributed by atoms with E-state index in [9.17, 15) is 26.3 Å². The van der Waals surface area contributed by atoms with Crippen LogP contribution in [0.4, 0.5) is 32.0 Å². The molecule has 2 N–H and O–H groups in total. The molecule has 0 aromatic heterocycles. The second kappa shape index (κ2) is 4.98. The molecule has 0 saturated heterocycles. The van der Waals surface area contributed by atoms with Gasteiger partial charge in [-0.3, -0.25) is 0 Å². The topological polar surface area (TPSA) is 26.0 Å². The number of nitrogens with two attached hydrogens (primary N) is 1. The van der Waals surface area contributed by atoms with E-state index in [1.165, 1.54) is 6.07 Å². The van der Waals surface area contributed by atoms with E-state index < -0.39 is 23.5 Å². The highest BCUT2D eigenvalue weighted by Gasteiger charge is 2.35. The molecule has 21 heavy (non-hydrogen) atoms. The van der Waals surface area contributed by atoms with Gasteiger partial charge in [0.1, 0.15) is 0 Å². The first-order valence-electron chi connectivity index (χ1n) is 5.74. The van der Waals surface area contributed by atoms with Crippen LogP contribution in [0.1, 0.15) is 11.1 Å². The van der Waals surface area contributed by atoms with E-state index in [2.05, 4.69) is 0 Å². The Morgan fingerprint density at radius 2 is 1.29 bits per heavy atom. The Morgan fingerprint density at radius 3 is 1.76 bits per heavy atom. The highest BCUT2D eigenvalue weighted by molar-refractivity contribution is 5.80. The average Bonchev–Trinajstić information content (AvgIpc) is 2.36. The zero-order valence-corrected chi connectivity index (χ0v) is 10.4. The molecule has 0 radical (unpaired) electrons. The Hall–Kier alpha value is -2.18. The number of hydrogen-bond acceptors (Lipinski definition) is 1. The van der Waals surface area contributed by atoms with Gasteiger partial charge in [-0.15, -0.1) is 0 Å². The van der Waals surface area contributed by atoms with E-state index in [0.717, 1.165) is 36.4 Å². The lowest BCUT2D eigenvalue weighted by molar-refractivity contribution is -0.138. The Kier molecular flexibility index (Phi) is 3.61. The number of nitrogen functional groups attached to an aromatic ring is 1. The fraction of sp³-hybridized carbons (Fsp3) is 0.143. The van der Waals surface area contributed by atoms with Crippen molar-refractivity contribution in [2.45, 2.75) is 12.4 Å². The van der Waals surface area contributed by atoms with Crippen LogP contribution in [0.25, 0.3) is 11.1 Å². The maximum absolute atomic E-state index is 12.9. The molecule has 0 amide bonds. The van der Waals surface area contributed by atoms with Crippen LogP contribution in [0.5, 0.6) is 0 Å². The lowest BCUT2D eigenvalue weighted by Gasteiger charge is -2.15. The average molecular weight is 305 g/mol. The number of hydrogen-bond donors (Lipinski definition) is 1. The van der Waals surface area contributed by atoms with Crippen molar-refractivity contribution in [3.8, 4) is 11.1 Å². The van der Waals surface area contributed by atoms with Crippen molar-refractivity contribution in [2.24, 2.45) is 0 Å². The van der Waals surface area contributed by atoms with Crippen molar-refractivity contribution in [1.82, 2.24) is 0 Å². The summed E-state index contributed by atoms with van der Waals surface area (Å²) in [7, 11) is 0. The van der Waals surface area contributed by atoms with Gasteiger partial charge in [-0.25, -0.2) is 0 Å². The third-order valence-corrected chi connectivity index (χ3v) is 2.90. The predicted octanol–water partition coefficient (Wildman–Crippen LogP) is 4.97. The largest absolute Gasteiger partial charge is 0.417 e. The molecule has 0 aliphatic heterocycles. The minimum Gasteiger partial charge on any atom is -0.398 e. The fourth-order valence-corrected chi connectivity index (χ4v) is 1.95. The van der Waals surface area contributed by atoms with Gasteiger partial charge in [0.05, 0.1) is 11.1 Å². The first-order chi connectivity index (χ1) is 9.60. The second-order valence-electron chi connectivity index (χ2n) is 4.34. The molecule has 0 heterocycles. The highest BCUT2D eigenvalue weighted by atomic mass is 19.4. The number of halogens is 6. The highest BCUT2D eigenvalue weighted by Crippen LogP contribution is 2.40. The monoisotopic (exact) mass is 305 g/mol. The van der Waals surface area contributed by atoms with Crippen LogP contribution < -0.4 is 5.73 Å². The molecular formula is C14H9F6N. The van der Waals surface area contributed by atoms with Gasteiger partial charge in [0.25, 0.3) is 0 Å². The third kappa shape index (κ3) is 3.12. The van der Waals surface area contributed by atoms with Crippen molar-refractivity contribution in [2.75, 3.05) is 5.73 Å². The lowest BCUT2D eigenvalue weighted by Crippen LogP contribution is -2.09. The second-order valence-corrected chi connectivity index (χ2v) is 4.34. The van der Waals surface area contributed by atoms with E-state index in [1.54, 1.807) is 0 Å².